The third-order valence-corrected chi connectivity index (χ3v) is 2.99. The molecule has 0 radical (unpaired) electrons. The Morgan fingerprint density at radius 2 is 2.30 bits per heavy atom. The summed E-state index contributed by atoms with van der Waals surface area (Å²) in [4.78, 5) is 4.40. The molecule has 1 saturated heterocycles. The van der Waals surface area contributed by atoms with Crippen LogP contribution in [0.2, 0.25) is 0 Å². The average Bonchev–Trinajstić information content (AvgIpc) is 2.98. The van der Waals surface area contributed by atoms with E-state index in [1.165, 1.54) is 0 Å². The summed E-state index contributed by atoms with van der Waals surface area (Å²) in [6, 6.07) is 7.54. The Morgan fingerprint density at radius 3 is 3.05 bits per heavy atom. The van der Waals surface area contributed by atoms with E-state index in [-0.39, 0.29) is 18.4 Å². The van der Waals surface area contributed by atoms with E-state index in [4.69, 9.17) is 14.0 Å². The highest BCUT2D eigenvalue weighted by atomic mass is 35.5. The Hall–Kier alpha value is -1.63. The average molecular weight is 298 g/mol. The molecule has 3 rings (SSSR count). The van der Waals surface area contributed by atoms with E-state index in [0.717, 1.165) is 17.9 Å². The van der Waals surface area contributed by atoms with E-state index >= 15 is 0 Å². The number of hydrogen-bond donors (Lipinski definition) is 1. The summed E-state index contributed by atoms with van der Waals surface area (Å²) in [6.45, 7) is 2.06. The van der Waals surface area contributed by atoms with Gasteiger partial charge in [-0.2, -0.15) is 4.98 Å². The van der Waals surface area contributed by atoms with Crippen molar-refractivity contribution >= 4 is 12.4 Å². The molecule has 0 bridgehead atoms. The Morgan fingerprint density at radius 1 is 1.40 bits per heavy atom. The number of ether oxygens (including phenoxy) is 2. The monoisotopic (exact) mass is 297 g/mol. The molecule has 1 N–H and O–H groups in total. The normalized spacial score (nSPS) is 18.4. The van der Waals surface area contributed by atoms with E-state index in [0.29, 0.717) is 24.9 Å². The summed E-state index contributed by atoms with van der Waals surface area (Å²) < 4.78 is 15.8. The van der Waals surface area contributed by atoms with Crippen LogP contribution in [0, 0.1) is 0 Å². The van der Waals surface area contributed by atoms with Gasteiger partial charge in [-0.15, -0.1) is 12.4 Å². The molecule has 1 fully saturated rings. The Labute approximate surface area is 122 Å². The lowest BCUT2D eigenvalue weighted by Crippen LogP contribution is -2.34. The summed E-state index contributed by atoms with van der Waals surface area (Å²) in [6.07, 6.45) is 0. The Kier molecular flexibility index (Phi) is 4.94. The number of nitrogens with one attached hydrogen (secondary N) is 1. The van der Waals surface area contributed by atoms with Crippen LogP contribution in [0.25, 0.3) is 11.4 Å². The first-order valence-corrected chi connectivity index (χ1v) is 6.16. The lowest BCUT2D eigenvalue weighted by atomic mass is 10.2. The van der Waals surface area contributed by atoms with E-state index in [9.17, 15) is 0 Å². The second kappa shape index (κ2) is 6.69. The van der Waals surface area contributed by atoms with Gasteiger partial charge in [0.15, 0.2) is 0 Å². The van der Waals surface area contributed by atoms with Gasteiger partial charge in [0, 0.05) is 12.1 Å². The van der Waals surface area contributed by atoms with Crippen LogP contribution < -0.4 is 10.1 Å². The second-order valence-electron chi connectivity index (χ2n) is 4.27. The third kappa shape index (κ3) is 3.09. The van der Waals surface area contributed by atoms with E-state index in [1.54, 1.807) is 7.11 Å². The molecule has 6 nitrogen and oxygen atoms in total. The van der Waals surface area contributed by atoms with Crippen LogP contribution >= 0.6 is 12.4 Å². The Balaban J connectivity index is 0.00000147. The fourth-order valence-electron chi connectivity index (χ4n) is 1.98. The minimum atomic E-state index is -0.0272. The van der Waals surface area contributed by atoms with Gasteiger partial charge in [0.1, 0.15) is 11.8 Å². The minimum absolute atomic E-state index is 0. The standard InChI is InChI=1S/C13H15N3O3.ClH/c1-17-10-4-2-3-9(7-10)12-15-13(19-16-12)11-8-18-6-5-14-11;/h2-4,7,11,14H,5-6,8H2,1H3;1H. The number of nitrogens with zero attached hydrogens (tertiary/aromatic N) is 2. The number of methoxy groups -OCH3 is 1. The van der Waals surface area contributed by atoms with Crippen molar-refractivity contribution in [1.29, 1.82) is 0 Å². The van der Waals surface area contributed by atoms with Crippen LogP contribution in [0.4, 0.5) is 0 Å². The van der Waals surface area contributed by atoms with Gasteiger partial charge in [-0.1, -0.05) is 17.3 Å². The summed E-state index contributed by atoms with van der Waals surface area (Å²) in [7, 11) is 1.63. The topological polar surface area (TPSA) is 69.4 Å². The van der Waals surface area contributed by atoms with Crippen molar-refractivity contribution < 1.29 is 14.0 Å². The smallest absolute Gasteiger partial charge is 0.246 e. The predicted octanol–water partition coefficient (Wildman–Crippen LogP) is 1.83. The first-order valence-electron chi connectivity index (χ1n) is 6.16. The fraction of sp³-hybridized carbons (Fsp3) is 0.385. The van der Waals surface area contributed by atoms with Gasteiger partial charge in [0.25, 0.3) is 0 Å². The molecule has 7 heteroatoms. The van der Waals surface area contributed by atoms with E-state index in [1.807, 2.05) is 24.3 Å². The van der Waals surface area contributed by atoms with Crippen molar-refractivity contribution in [2.24, 2.45) is 0 Å². The van der Waals surface area contributed by atoms with Crippen molar-refractivity contribution in [3.05, 3.63) is 30.2 Å². The summed E-state index contributed by atoms with van der Waals surface area (Å²) in [5.74, 6) is 1.88. The molecule has 1 aliphatic rings. The van der Waals surface area contributed by atoms with Crippen LogP contribution in [0.5, 0.6) is 5.75 Å². The van der Waals surface area contributed by atoms with Crippen LogP contribution in [0.15, 0.2) is 28.8 Å². The van der Waals surface area contributed by atoms with Crippen LogP contribution in [-0.4, -0.2) is 37.0 Å². The maximum absolute atomic E-state index is 5.38. The first-order chi connectivity index (χ1) is 9.36. The zero-order chi connectivity index (χ0) is 13.1. The van der Waals surface area contributed by atoms with Gasteiger partial charge < -0.3 is 19.3 Å². The molecule has 2 heterocycles. The lowest BCUT2D eigenvalue weighted by Gasteiger charge is -2.20. The quantitative estimate of drug-likeness (QED) is 0.932. The molecule has 1 unspecified atom stereocenters. The van der Waals surface area contributed by atoms with Gasteiger partial charge >= 0.3 is 0 Å². The van der Waals surface area contributed by atoms with Crippen LogP contribution in [0.3, 0.4) is 0 Å². The number of benzene rings is 1. The number of aromatic nitrogens is 2. The number of hydrogen-bond acceptors (Lipinski definition) is 6. The van der Waals surface area contributed by atoms with Gasteiger partial charge in [0.2, 0.25) is 11.7 Å². The van der Waals surface area contributed by atoms with Crippen LogP contribution in [-0.2, 0) is 4.74 Å². The molecule has 2 aromatic rings. The van der Waals surface area contributed by atoms with Gasteiger partial charge in [0.05, 0.1) is 20.3 Å². The van der Waals surface area contributed by atoms with Crippen molar-refractivity contribution in [1.82, 2.24) is 15.5 Å². The minimum Gasteiger partial charge on any atom is -0.497 e. The maximum atomic E-state index is 5.38. The lowest BCUT2D eigenvalue weighted by molar-refractivity contribution is 0.0659. The van der Waals surface area contributed by atoms with E-state index < -0.39 is 0 Å². The molecule has 20 heavy (non-hydrogen) atoms. The fourth-order valence-corrected chi connectivity index (χ4v) is 1.98. The molecule has 108 valence electrons. The number of rotatable bonds is 3. The SMILES string of the molecule is COc1cccc(-c2noc(C3COCCN3)n2)c1.Cl. The zero-order valence-electron chi connectivity index (χ0n) is 11.0. The zero-order valence-corrected chi connectivity index (χ0v) is 11.9. The highest BCUT2D eigenvalue weighted by Crippen LogP contribution is 2.23. The predicted molar refractivity (Wildman–Crippen MR) is 75.1 cm³/mol. The summed E-state index contributed by atoms with van der Waals surface area (Å²) in [5.41, 5.74) is 0.867. The first kappa shape index (κ1) is 14.8. The number of morpholine rings is 1. The van der Waals surface area contributed by atoms with E-state index in [2.05, 4.69) is 15.5 Å². The molecule has 0 spiro atoms. The largest absolute Gasteiger partial charge is 0.497 e. The van der Waals surface area contributed by atoms with Crippen molar-refractivity contribution in [3.8, 4) is 17.1 Å². The van der Waals surface area contributed by atoms with Crippen molar-refractivity contribution in [2.75, 3.05) is 26.9 Å². The molecule has 0 saturated carbocycles. The van der Waals surface area contributed by atoms with Crippen LogP contribution in [0.1, 0.15) is 11.9 Å². The molecule has 1 aromatic heterocycles. The van der Waals surface area contributed by atoms with Gasteiger partial charge in [-0.05, 0) is 12.1 Å². The molecule has 1 atom stereocenters. The highest BCUT2D eigenvalue weighted by Gasteiger charge is 2.22. The second-order valence-corrected chi connectivity index (χ2v) is 4.27. The third-order valence-electron chi connectivity index (χ3n) is 2.99. The summed E-state index contributed by atoms with van der Waals surface area (Å²) >= 11 is 0. The summed E-state index contributed by atoms with van der Waals surface area (Å²) in [5, 5.41) is 7.28. The molecular weight excluding hydrogens is 282 g/mol. The molecular formula is C13H16ClN3O3. The van der Waals surface area contributed by atoms with Crippen molar-refractivity contribution in [3.63, 3.8) is 0 Å². The molecule has 1 aromatic carbocycles. The highest BCUT2D eigenvalue weighted by molar-refractivity contribution is 5.85. The van der Waals surface area contributed by atoms with Gasteiger partial charge in [-0.25, -0.2) is 0 Å². The van der Waals surface area contributed by atoms with Crippen molar-refractivity contribution in [2.45, 2.75) is 6.04 Å². The molecule has 1 aliphatic heterocycles. The maximum Gasteiger partial charge on any atom is 0.246 e. The van der Waals surface area contributed by atoms with Gasteiger partial charge in [-0.3, -0.25) is 0 Å². The number of halogens is 1. The molecule has 0 amide bonds. The Bertz CT molecular complexity index is 555. The molecule has 0 aliphatic carbocycles.